The number of hydrogen-bond acceptors (Lipinski definition) is 5. The Bertz CT molecular complexity index is 431. The second-order valence-corrected chi connectivity index (χ2v) is 4.86. The summed E-state index contributed by atoms with van der Waals surface area (Å²) in [4.78, 5) is 6.51. The van der Waals surface area contributed by atoms with Crippen molar-refractivity contribution < 1.29 is 0 Å². The molecule has 0 radical (unpaired) electrons. The summed E-state index contributed by atoms with van der Waals surface area (Å²) in [5.41, 5.74) is 7.47. The summed E-state index contributed by atoms with van der Waals surface area (Å²) < 4.78 is 0. The number of nitrogens with zero attached hydrogens (tertiary/aromatic N) is 2. The SMILES string of the molecule is CN[C@H]1CCN(c2cnc(N)c(C=N)c2)[C@@H](C)C1. The molecule has 1 aliphatic rings. The summed E-state index contributed by atoms with van der Waals surface area (Å²) in [5.74, 6) is 0.423. The molecule has 1 aromatic rings. The first-order valence-corrected chi connectivity index (χ1v) is 6.35. The van der Waals surface area contributed by atoms with Crippen molar-refractivity contribution in [3.05, 3.63) is 17.8 Å². The Balaban J connectivity index is 2.19. The quantitative estimate of drug-likeness (QED) is 0.702. The van der Waals surface area contributed by atoms with Crippen LogP contribution in [-0.4, -0.2) is 36.9 Å². The van der Waals surface area contributed by atoms with Crippen molar-refractivity contribution in [2.45, 2.75) is 31.8 Å². The third-order valence-corrected chi connectivity index (χ3v) is 3.71. The van der Waals surface area contributed by atoms with E-state index in [-0.39, 0.29) is 0 Å². The van der Waals surface area contributed by atoms with Gasteiger partial charge in [-0.3, -0.25) is 0 Å². The van der Waals surface area contributed by atoms with Crippen LogP contribution in [0.25, 0.3) is 0 Å². The fourth-order valence-corrected chi connectivity index (χ4v) is 2.57. The lowest BCUT2D eigenvalue weighted by atomic mass is 9.98. The highest BCUT2D eigenvalue weighted by molar-refractivity contribution is 5.85. The van der Waals surface area contributed by atoms with Gasteiger partial charge < -0.3 is 21.4 Å². The van der Waals surface area contributed by atoms with Gasteiger partial charge in [0.1, 0.15) is 5.82 Å². The zero-order valence-corrected chi connectivity index (χ0v) is 11.0. The smallest absolute Gasteiger partial charge is 0.132 e. The minimum atomic E-state index is 0.423. The number of anilines is 2. The third kappa shape index (κ3) is 2.46. The number of rotatable bonds is 3. The van der Waals surface area contributed by atoms with Gasteiger partial charge in [0.15, 0.2) is 0 Å². The van der Waals surface area contributed by atoms with Crippen molar-refractivity contribution in [3.63, 3.8) is 0 Å². The van der Waals surface area contributed by atoms with Gasteiger partial charge in [-0.2, -0.15) is 0 Å². The van der Waals surface area contributed by atoms with Crippen molar-refractivity contribution in [1.82, 2.24) is 10.3 Å². The molecule has 0 unspecified atom stereocenters. The van der Waals surface area contributed by atoms with E-state index in [0.717, 1.165) is 25.1 Å². The molecule has 1 aliphatic heterocycles. The molecule has 2 atom stereocenters. The topological polar surface area (TPSA) is 78.0 Å². The van der Waals surface area contributed by atoms with Crippen molar-refractivity contribution in [1.29, 1.82) is 5.41 Å². The van der Waals surface area contributed by atoms with Gasteiger partial charge in [-0.25, -0.2) is 4.98 Å². The Hall–Kier alpha value is -1.62. The molecule has 4 N–H and O–H groups in total. The van der Waals surface area contributed by atoms with E-state index in [1.165, 1.54) is 6.21 Å². The summed E-state index contributed by atoms with van der Waals surface area (Å²) in [6.07, 6.45) is 5.32. The van der Waals surface area contributed by atoms with Crippen LogP contribution in [0.1, 0.15) is 25.3 Å². The number of nitrogens with two attached hydrogens (primary N) is 1. The molecule has 0 saturated carbocycles. The number of piperidine rings is 1. The van der Waals surface area contributed by atoms with Crippen LogP contribution in [0, 0.1) is 5.41 Å². The second kappa shape index (κ2) is 5.35. The Morgan fingerprint density at radius 3 is 3.00 bits per heavy atom. The molecule has 0 bridgehead atoms. The average Bonchev–Trinajstić information content (AvgIpc) is 2.39. The van der Waals surface area contributed by atoms with Crippen molar-refractivity contribution in [2.75, 3.05) is 24.2 Å². The molecule has 18 heavy (non-hydrogen) atoms. The number of nitrogen functional groups attached to an aromatic ring is 1. The number of pyridine rings is 1. The van der Waals surface area contributed by atoms with E-state index in [2.05, 4.69) is 22.1 Å². The molecular formula is C13H21N5. The minimum absolute atomic E-state index is 0.423. The van der Waals surface area contributed by atoms with Crippen LogP contribution in [0.5, 0.6) is 0 Å². The summed E-state index contributed by atoms with van der Waals surface area (Å²) in [7, 11) is 2.02. The highest BCUT2D eigenvalue weighted by Crippen LogP contribution is 2.25. The highest BCUT2D eigenvalue weighted by atomic mass is 15.2. The summed E-state index contributed by atoms with van der Waals surface area (Å²) in [5, 5.41) is 10.7. The maximum absolute atomic E-state index is 7.33. The zero-order valence-electron chi connectivity index (χ0n) is 11.0. The van der Waals surface area contributed by atoms with Crippen LogP contribution in [0.2, 0.25) is 0 Å². The van der Waals surface area contributed by atoms with Gasteiger partial charge in [-0.1, -0.05) is 0 Å². The Labute approximate surface area is 108 Å². The molecule has 1 saturated heterocycles. The first-order valence-electron chi connectivity index (χ1n) is 6.35. The fraction of sp³-hybridized carbons (Fsp3) is 0.538. The largest absolute Gasteiger partial charge is 0.383 e. The van der Waals surface area contributed by atoms with Crippen LogP contribution < -0.4 is 16.0 Å². The molecule has 98 valence electrons. The third-order valence-electron chi connectivity index (χ3n) is 3.71. The molecule has 0 spiro atoms. The van der Waals surface area contributed by atoms with Crippen molar-refractivity contribution in [2.24, 2.45) is 0 Å². The Morgan fingerprint density at radius 2 is 2.39 bits per heavy atom. The predicted octanol–water partition coefficient (Wildman–Crippen LogP) is 1.24. The molecule has 0 aliphatic carbocycles. The Kier molecular flexibility index (Phi) is 3.81. The van der Waals surface area contributed by atoms with Gasteiger partial charge in [0.25, 0.3) is 0 Å². The first-order chi connectivity index (χ1) is 8.65. The Morgan fingerprint density at radius 1 is 1.61 bits per heavy atom. The summed E-state index contributed by atoms with van der Waals surface area (Å²) >= 11 is 0. The van der Waals surface area contributed by atoms with Gasteiger partial charge in [0, 0.05) is 30.4 Å². The molecule has 1 fully saturated rings. The minimum Gasteiger partial charge on any atom is -0.383 e. The molecule has 2 rings (SSSR count). The van der Waals surface area contributed by atoms with Gasteiger partial charge in [-0.15, -0.1) is 0 Å². The molecular weight excluding hydrogens is 226 g/mol. The van der Waals surface area contributed by atoms with Crippen LogP contribution in [0.4, 0.5) is 11.5 Å². The predicted molar refractivity (Wildman–Crippen MR) is 75.4 cm³/mol. The molecule has 0 aromatic carbocycles. The van der Waals surface area contributed by atoms with E-state index >= 15 is 0 Å². The van der Waals surface area contributed by atoms with Crippen LogP contribution >= 0.6 is 0 Å². The molecule has 2 heterocycles. The van der Waals surface area contributed by atoms with E-state index in [1.54, 1.807) is 6.20 Å². The average molecular weight is 247 g/mol. The maximum atomic E-state index is 7.33. The van der Waals surface area contributed by atoms with E-state index in [9.17, 15) is 0 Å². The normalized spacial score (nSPS) is 24.0. The molecule has 5 nitrogen and oxygen atoms in total. The number of hydrogen-bond donors (Lipinski definition) is 3. The molecule has 0 amide bonds. The van der Waals surface area contributed by atoms with E-state index in [1.807, 2.05) is 13.1 Å². The summed E-state index contributed by atoms with van der Waals surface area (Å²) in [6, 6.07) is 3.02. The highest BCUT2D eigenvalue weighted by Gasteiger charge is 2.25. The molecule has 5 heteroatoms. The van der Waals surface area contributed by atoms with Gasteiger partial charge in [0.05, 0.1) is 11.9 Å². The second-order valence-electron chi connectivity index (χ2n) is 4.86. The fourth-order valence-electron chi connectivity index (χ4n) is 2.57. The zero-order chi connectivity index (χ0) is 13.1. The van der Waals surface area contributed by atoms with Gasteiger partial charge in [-0.05, 0) is 32.9 Å². The first kappa shape index (κ1) is 12.8. The van der Waals surface area contributed by atoms with Gasteiger partial charge >= 0.3 is 0 Å². The van der Waals surface area contributed by atoms with E-state index in [0.29, 0.717) is 23.5 Å². The lowest BCUT2D eigenvalue weighted by Gasteiger charge is -2.39. The number of aromatic nitrogens is 1. The van der Waals surface area contributed by atoms with Gasteiger partial charge in [0.2, 0.25) is 0 Å². The van der Waals surface area contributed by atoms with Crippen molar-refractivity contribution in [3.8, 4) is 0 Å². The van der Waals surface area contributed by atoms with Crippen LogP contribution in [-0.2, 0) is 0 Å². The number of nitrogens with one attached hydrogen (secondary N) is 2. The standard InChI is InChI=1S/C13H21N5/c1-9-5-11(16-2)3-4-18(9)12-6-10(7-14)13(15)17-8-12/h6-9,11,14,16H,3-5H2,1-2H3,(H2,15,17)/t9-,11-/m0/s1. The monoisotopic (exact) mass is 247 g/mol. The summed E-state index contributed by atoms with van der Waals surface area (Å²) in [6.45, 7) is 3.24. The lowest BCUT2D eigenvalue weighted by Crippen LogP contribution is -2.46. The maximum Gasteiger partial charge on any atom is 0.132 e. The van der Waals surface area contributed by atoms with E-state index < -0.39 is 0 Å². The van der Waals surface area contributed by atoms with Crippen LogP contribution in [0.15, 0.2) is 12.3 Å². The molecule has 1 aromatic heterocycles. The lowest BCUT2D eigenvalue weighted by molar-refractivity contribution is 0.387. The van der Waals surface area contributed by atoms with Crippen molar-refractivity contribution >= 4 is 17.7 Å². The van der Waals surface area contributed by atoms with Crippen LogP contribution in [0.3, 0.4) is 0 Å². The van der Waals surface area contributed by atoms with E-state index in [4.69, 9.17) is 11.1 Å².